The van der Waals surface area contributed by atoms with Gasteiger partial charge < -0.3 is 22.3 Å². The molecule has 10 heavy (non-hydrogen) atoms. The molecule has 5 heteroatoms. The van der Waals surface area contributed by atoms with Crippen molar-refractivity contribution in [2.75, 3.05) is 0 Å². The van der Waals surface area contributed by atoms with Gasteiger partial charge in [-0.05, 0) is 12.8 Å². The molecule has 0 rings (SSSR count). The van der Waals surface area contributed by atoms with Gasteiger partial charge in [0.1, 0.15) is 6.04 Å². The Balaban J connectivity index is 3.40. The first-order chi connectivity index (χ1) is 4.54. The van der Waals surface area contributed by atoms with Crippen LogP contribution in [0.25, 0.3) is 0 Å². The number of hydrogen-bond acceptors (Lipinski definition) is 4. The van der Waals surface area contributed by atoms with E-state index in [-0.39, 0.29) is 0 Å². The van der Waals surface area contributed by atoms with Crippen LogP contribution in [0.3, 0.4) is 0 Å². The molecule has 0 aliphatic rings. The Labute approximate surface area is 59.2 Å². The molecule has 0 aromatic carbocycles. The van der Waals surface area contributed by atoms with Gasteiger partial charge in [-0.25, -0.2) is 0 Å². The zero-order valence-corrected chi connectivity index (χ0v) is 5.66. The molecule has 0 aliphatic carbocycles. The lowest BCUT2D eigenvalue weighted by Crippen LogP contribution is -2.36. The minimum Gasteiger partial charge on any atom is -0.480 e. The van der Waals surface area contributed by atoms with Gasteiger partial charge >= 0.3 is 5.97 Å². The average molecular weight is 147 g/mol. The van der Waals surface area contributed by atoms with Crippen molar-refractivity contribution in [1.82, 2.24) is 0 Å². The van der Waals surface area contributed by atoms with E-state index in [9.17, 15) is 4.79 Å². The first-order valence-corrected chi connectivity index (χ1v) is 3.03. The number of rotatable bonds is 4. The fourth-order valence-electron chi connectivity index (χ4n) is 0.495. The lowest BCUT2D eigenvalue weighted by atomic mass is 10.1. The predicted molar refractivity (Wildman–Crippen MR) is 37.0 cm³/mol. The second-order valence-electron chi connectivity index (χ2n) is 2.19. The second-order valence-corrected chi connectivity index (χ2v) is 2.19. The molecule has 0 aromatic heterocycles. The molecule has 0 fully saturated rings. The van der Waals surface area contributed by atoms with E-state index in [1.807, 2.05) is 0 Å². The molecule has 0 aliphatic heterocycles. The Hall–Kier alpha value is -0.650. The van der Waals surface area contributed by atoms with Crippen molar-refractivity contribution in [1.29, 1.82) is 0 Å². The molecule has 0 unspecified atom stereocenters. The third-order valence-electron chi connectivity index (χ3n) is 1.13. The molecule has 0 spiro atoms. The normalized spacial score (nSPS) is 13.6. The summed E-state index contributed by atoms with van der Waals surface area (Å²) in [5.74, 6) is -1.01. The van der Waals surface area contributed by atoms with E-state index >= 15 is 0 Å². The average Bonchev–Trinajstić information content (AvgIpc) is 1.82. The number of carbonyl (C=O) groups is 1. The van der Waals surface area contributed by atoms with Gasteiger partial charge in [-0.2, -0.15) is 0 Å². The maximum Gasteiger partial charge on any atom is 0.320 e. The predicted octanol–water partition coefficient (Wildman–Crippen LogP) is -1.58. The molecule has 0 bridgehead atoms. The lowest BCUT2D eigenvalue weighted by molar-refractivity contribution is -0.138. The molecule has 0 radical (unpaired) electrons. The van der Waals surface area contributed by atoms with Crippen molar-refractivity contribution < 1.29 is 9.90 Å². The number of nitrogens with two attached hydrogens (primary N) is 3. The largest absolute Gasteiger partial charge is 0.480 e. The van der Waals surface area contributed by atoms with Crippen LogP contribution in [-0.2, 0) is 4.79 Å². The summed E-state index contributed by atoms with van der Waals surface area (Å²) < 4.78 is 0. The Morgan fingerprint density at radius 2 is 1.80 bits per heavy atom. The Morgan fingerprint density at radius 1 is 1.30 bits per heavy atom. The van der Waals surface area contributed by atoms with E-state index < -0.39 is 18.2 Å². The van der Waals surface area contributed by atoms with Crippen molar-refractivity contribution in [3.63, 3.8) is 0 Å². The number of carboxylic acid groups (broad SMARTS) is 1. The first-order valence-electron chi connectivity index (χ1n) is 3.03. The Morgan fingerprint density at radius 3 is 2.10 bits per heavy atom. The summed E-state index contributed by atoms with van der Waals surface area (Å²) in [6, 6.07) is -0.838. The number of hydrogen-bond donors (Lipinski definition) is 4. The van der Waals surface area contributed by atoms with Crippen LogP contribution in [0.5, 0.6) is 0 Å². The summed E-state index contributed by atoms with van der Waals surface area (Å²) in [7, 11) is 0. The van der Waals surface area contributed by atoms with Crippen molar-refractivity contribution >= 4 is 5.97 Å². The van der Waals surface area contributed by atoms with Gasteiger partial charge in [-0.15, -0.1) is 0 Å². The molecule has 60 valence electrons. The van der Waals surface area contributed by atoms with Gasteiger partial charge in [-0.3, -0.25) is 4.79 Å². The smallest absolute Gasteiger partial charge is 0.320 e. The topological polar surface area (TPSA) is 115 Å². The molecule has 0 saturated heterocycles. The van der Waals surface area contributed by atoms with Crippen LogP contribution < -0.4 is 17.2 Å². The van der Waals surface area contributed by atoms with E-state index in [2.05, 4.69) is 0 Å². The number of carboxylic acids is 1. The van der Waals surface area contributed by atoms with E-state index in [4.69, 9.17) is 22.3 Å². The van der Waals surface area contributed by atoms with Crippen molar-refractivity contribution in [3.05, 3.63) is 0 Å². The third kappa shape index (κ3) is 4.25. The highest BCUT2D eigenvalue weighted by Crippen LogP contribution is 1.94. The highest BCUT2D eigenvalue weighted by molar-refractivity contribution is 5.72. The summed E-state index contributed by atoms with van der Waals surface area (Å²) in [6.07, 6.45) is 0.297. The van der Waals surface area contributed by atoms with Crippen LogP contribution in [0.4, 0.5) is 0 Å². The standard InChI is InChI=1S/C5H13N3O2/c6-3(5(9)10)1-2-4(7)8/h3-4H,1-2,6-8H2,(H,9,10)/t3-/m0/s1. The van der Waals surface area contributed by atoms with Crippen LogP contribution in [0.1, 0.15) is 12.8 Å². The zero-order chi connectivity index (χ0) is 8.15. The SMILES string of the molecule is NC(N)CC[C@H](N)C(=O)O. The first kappa shape index (κ1) is 9.35. The molecule has 0 aromatic rings. The van der Waals surface area contributed by atoms with Gasteiger partial charge in [0.25, 0.3) is 0 Å². The maximum atomic E-state index is 10.1. The van der Waals surface area contributed by atoms with Crippen LogP contribution in [0.2, 0.25) is 0 Å². The van der Waals surface area contributed by atoms with Crippen LogP contribution in [0, 0.1) is 0 Å². The minimum atomic E-state index is -1.01. The van der Waals surface area contributed by atoms with E-state index in [0.717, 1.165) is 0 Å². The van der Waals surface area contributed by atoms with Crippen molar-refractivity contribution in [3.8, 4) is 0 Å². The third-order valence-corrected chi connectivity index (χ3v) is 1.13. The second kappa shape index (κ2) is 4.21. The molecule has 0 heterocycles. The molecule has 0 saturated carbocycles. The van der Waals surface area contributed by atoms with Crippen molar-refractivity contribution in [2.45, 2.75) is 25.0 Å². The van der Waals surface area contributed by atoms with Gasteiger partial charge in [0.05, 0.1) is 6.17 Å². The summed E-state index contributed by atoms with van der Waals surface area (Å²) in [5.41, 5.74) is 15.5. The maximum absolute atomic E-state index is 10.1. The van der Waals surface area contributed by atoms with Crippen molar-refractivity contribution in [2.24, 2.45) is 17.2 Å². The van der Waals surface area contributed by atoms with Gasteiger partial charge in [0.2, 0.25) is 0 Å². The summed E-state index contributed by atoms with van der Waals surface area (Å²) in [6.45, 7) is 0. The van der Waals surface area contributed by atoms with Gasteiger partial charge in [0, 0.05) is 0 Å². The zero-order valence-electron chi connectivity index (χ0n) is 5.66. The highest BCUT2D eigenvalue weighted by atomic mass is 16.4. The van der Waals surface area contributed by atoms with Crippen LogP contribution in [-0.4, -0.2) is 23.3 Å². The number of aliphatic carboxylic acids is 1. The van der Waals surface area contributed by atoms with E-state index in [1.165, 1.54) is 0 Å². The Bertz CT molecular complexity index is 115. The summed E-state index contributed by atoms with van der Waals surface area (Å²) in [5, 5.41) is 8.29. The van der Waals surface area contributed by atoms with E-state index in [1.54, 1.807) is 0 Å². The quantitative estimate of drug-likeness (QED) is 0.358. The monoisotopic (exact) mass is 147 g/mol. The minimum absolute atomic E-state index is 0.326. The molecule has 7 N–H and O–H groups in total. The fraction of sp³-hybridized carbons (Fsp3) is 0.800. The summed E-state index contributed by atoms with van der Waals surface area (Å²) in [4.78, 5) is 10.1. The molecule has 1 atom stereocenters. The van der Waals surface area contributed by atoms with Crippen LogP contribution in [0.15, 0.2) is 0 Å². The van der Waals surface area contributed by atoms with Gasteiger partial charge in [0.15, 0.2) is 0 Å². The lowest BCUT2D eigenvalue weighted by Gasteiger charge is -2.07. The highest BCUT2D eigenvalue weighted by Gasteiger charge is 2.11. The fourth-order valence-corrected chi connectivity index (χ4v) is 0.495. The summed E-state index contributed by atoms with van der Waals surface area (Å²) >= 11 is 0. The molecular formula is C5H13N3O2. The molecule has 5 nitrogen and oxygen atoms in total. The Kier molecular flexibility index (Phi) is 3.94. The molecule has 0 amide bonds. The van der Waals surface area contributed by atoms with Gasteiger partial charge in [-0.1, -0.05) is 0 Å². The molecular weight excluding hydrogens is 134 g/mol. The van der Waals surface area contributed by atoms with Crippen LogP contribution >= 0.6 is 0 Å². The van der Waals surface area contributed by atoms with E-state index in [0.29, 0.717) is 12.8 Å².